The van der Waals surface area contributed by atoms with E-state index in [1.165, 1.54) is 18.9 Å². The standard InChI is InChI=1S/C16H24FN3/c1-16(18,13-6-7-13)12-19-8-10-20(11-9-19)15-5-3-2-4-14(15)17/h2-5,13H,6-12,18H2,1H3. The smallest absolute Gasteiger partial charge is 0.146 e. The molecule has 20 heavy (non-hydrogen) atoms. The van der Waals surface area contributed by atoms with Crippen LogP contribution in [-0.4, -0.2) is 43.2 Å². The van der Waals surface area contributed by atoms with Crippen molar-refractivity contribution in [1.82, 2.24) is 4.90 Å². The summed E-state index contributed by atoms with van der Waals surface area (Å²) in [6.07, 6.45) is 2.56. The summed E-state index contributed by atoms with van der Waals surface area (Å²) in [5, 5.41) is 0. The van der Waals surface area contributed by atoms with Crippen LogP contribution < -0.4 is 10.6 Å². The van der Waals surface area contributed by atoms with Gasteiger partial charge in [0.15, 0.2) is 0 Å². The molecule has 0 radical (unpaired) electrons. The third-order valence-corrected chi connectivity index (χ3v) is 4.64. The Balaban J connectivity index is 1.56. The molecule has 1 aliphatic heterocycles. The predicted molar refractivity (Wildman–Crippen MR) is 80.4 cm³/mol. The van der Waals surface area contributed by atoms with Crippen LogP contribution in [0, 0.1) is 11.7 Å². The highest BCUT2D eigenvalue weighted by Crippen LogP contribution is 2.38. The van der Waals surface area contributed by atoms with Crippen LogP contribution in [0.3, 0.4) is 0 Å². The number of rotatable bonds is 4. The minimum atomic E-state index is -0.123. The molecular formula is C16H24FN3. The van der Waals surface area contributed by atoms with E-state index in [0.717, 1.165) is 38.4 Å². The maximum absolute atomic E-state index is 13.8. The number of piperazine rings is 1. The first-order chi connectivity index (χ1) is 9.56. The number of hydrogen-bond acceptors (Lipinski definition) is 3. The zero-order valence-corrected chi connectivity index (χ0v) is 12.2. The van der Waals surface area contributed by atoms with Crippen LogP contribution in [0.1, 0.15) is 19.8 Å². The monoisotopic (exact) mass is 277 g/mol. The van der Waals surface area contributed by atoms with Gasteiger partial charge in [-0.25, -0.2) is 4.39 Å². The molecule has 2 N–H and O–H groups in total. The lowest BCUT2D eigenvalue weighted by molar-refractivity contribution is 0.192. The minimum Gasteiger partial charge on any atom is -0.367 e. The Morgan fingerprint density at radius 3 is 2.45 bits per heavy atom. The third-order valence-electron chi connectivity index (χ3n) is 4.64. The molecule has 0 aromatic heterocycles. The van der Waals surface area contributed by atoms with Crippen LogP contribution in [-0.2, 0) is 0 Å². The van der Waals surface area contributed by atoms with Crippen molar-refractivity contribution in [2.45, 2.75) is 25.3 Å². The number of anilines is 1. The van der Waals surface area contributed by atoms with Crippen molar-refractivity contribution in [2.75, 3.05) is 37.6 Å². The molecule has 0 amide bonds. The highest BCUT2D eigenvalue weighted by molar-refractivity contribution is 5.47. The zero-order valence-electron chi connectivity index (χ0n) is 12.2. The molecule has 1 saturated carbocycles. The molecule has 1 unspecified atom stereocenters. The molecular weight excluding hydrogens is 253 g/mol. The second kappa shape index (κ2) is 5.34. The summed E-state index contributed by atoms with van der Waals surface area (Å²) in [6, 6.07) is 7.04. The van der Waals surface area contributed by atoms with Gasteiger partial charge in [-0.1, -0.05) is 12.1 Å². The first-order valence-corrected chi connectivity index (χ1v) is 7.57. The fourth-order valence-corrected chi connectivity index (χ4v) is 3.21. The van der Waals surface area contributed by atoms with E-state index >= 15 is 0 Å². The first kappa shape index (κ1) is 13.8. The summed E-state index contributed by atoms with van der Waals surface area (Å²) in [5.41, 5.74) is 7.08. The van der Waals surface area contributed by atoms with Crippen LogP contribution in [0.15, 0.2) is 24.3 Å². The van der Waals surface area contributed by atoms with Gasteiger partial charge in [0, 0.05) is 38.3 Å². The van der Waals surface area contributed by atoms with Crippen LogP contribution in [0.25, 0.3) is 0 Å². The van der Waals surface area contributed by atoms with E-state index in [1.807, 2.05) is 12.1 Å². The molecule has 4 heteroatoms. The van der Waals surface area contributed by atoms with Gasteiger partial charge in [0.1, 0.15) is 5.82 Å². The summed E-state index contributed by atoms with van der Waals surface area (Å²) >= 11 is 0. The fraction of sp³-hybridized carbons (Fsp3) is 0.625. The number of hydrogen-bond donors (Lipinski definition) is 1. The van der Waals surface area contributed by atoms with E-state index in [4.69, 9.17) is 5.73 Å². The summed E-state index contributed by atoms with van der Waals surface area (Å²) in [5.74, 6) is 0.578. The van der Waals surface area contributed by atoms with Gasteiger partial charge in [-0.05, 0) is 37.8 Å². The highest BCUT2D eigenvalue weighted by Gasteiger charge is 2.39. The molecule has 0 spiro atoms. The van der Waals surface area contributed by atoms with Crippen molar-refractivity contribution in [2.24, 2.45) is 11.7 Å². The topological polar surface area (TPSA) is 32.5 Å². The number of benzene rings is 1. The van der Waals surface area contributed by atoms with Crippen LogP contribution >= 0.6 is 0 Å². The van der Waals surface area contributed by atoms with Gasteiger partial charge in [-0.3, -0.25) is 4.90 Å². The van der Waals surface area contributed by atoms with E-state index < -0.39 is 0 Å². The Kier molecular flexibility index (Phi) is 3.69. The second-order valence-corrected chi connectivity index (χ2v) is 6.49. The van der Waals surface area contributed by atoms with Gasteiger partial charge in [0.05, 0.1) is 5.69 Å². The molecule has 1 aliphatic carbocycles. The average molecular weight is 277 g/mol. The highest BCUT2D eigenvalue weighted by atomic mass is 19.1. The van der Waals surface area contributed by atoms with Gasteiger partial charge >= 0.3 is 0 Å². The summed E-state index contributed by atoms with van der Waals surface area (Å²) in [7, 11) is 0. The predicted octanol–water partition coefficient (Wildman–Crippen LogP) is 2.08. The van der Waals surface area contributed by atoms with Crippen molar-refractivity contribution in [1.29, 1.82) is 0 Å². The van der Waals surface area contributed by atoms with Crippen molar-refractivity contribution in [3.63, 3.8) is 0 Å². The molecule has 2 aliphatic rings. The Labute approximate surface area is 120 Å². The molecule has 2 fully saturated rings. The van der Waals surface area contributed by atoms with Crippen molar-refractivity contribution in [3.05, 3.63) is 30.1 Å². The summed E-state index contributed by atoms with van der Waals surface area (Å²) in [6.45, 7) is 6.82. The fourth-order valence-electron chi connectivity index (χ4n) is 3.21. The molecule has 1 heterocycles. The SMILES string of the molecule is CC(N)(CN1CCN(c2ccccc2F)CC1)C1CC1. The molecule has 1 aromatic rings. The second-order valence-electron chi connectivity index (χ2n) is 6.49. The van der Waals surface area contributed by atoms with Crippen molar-refractivity contribution < 1.29 is 4.39 Å². The van der Waals surface area contributed by atoms with E-state index in [1.54, 1.807) is 6.07 Å². The Morgan fingerprint density at radius 1 is 1.20 bits per heavy atom. The lowest BCUT2D eigenvalue weighted by Gasteiger charge is -2.40. The number of para-hydroxylation sites is 1. The van der Waals surface area contributed by atoms with E-state index in [0.29, 0.717) is 5.92 Å². The van der Waals surface area contributed by atoms with Crippen LogP contribution in [0.2, 0.25) is 0 Å². The molecule has 3 rings (SSSR count). The molecule has 1 aromatic carbocycles. The van der Waals surface area contributed by atoms with Crippen molar-refractivity contribution >= 4 is 5.69 Å². The van der Waals surface area contributed by atoms with Crippen LogP contribution in [0.5, 0.6) is 0 Å². The molecule has 0 bridgehead atoms. The Bertz CT molecular complexity index is 463. The van der Waals surface area contributed by atoms with Gasteiger partial charge in [-0.2, -0.15) is 0 Å². The molecule has 1 atom stereocenters. The van der Waals surface area contributed by atoms with Gasteiger partial charge < -0.3 is 10.6 Å². The number of halogens is 1. The zero-order chi connectivity index (χ0) is 14.2. The summed E-state index contributed by atoms with van der Waals surface area (Å²) in [4.78, 5) is 4.56. The van der Waals surface area contributed by atoms with Gasteiger partial charge in [0.2, 0.25) is 0 Å². The number of nitrogens with zero attached hydrogens (tertiary/aromatic N) is 2. The largest absolute Gasteiger partial charge is 0.367 e. The maximum Gasteiger partial charge on any atom is 0.146 e. The third kappa shape index (κ3) is 2.96. The molecule has 1 saturated heterocycles. The first-order valence-electron chi connectivity index (χ1n) is 7.57. The maximum atomic E-state index is 13.8. The lowest BCUT2D eigenvalue weighted by atomic mass is 9.96. The average Bonchev–Trinajstić information content (AvgIpc) is 3.25. The minimum absolute atomic E-state index is 0.0554. The lowest BCUT2D eigenvalue weighted by Crippen LogP contribution is -2.55. The summed E-state index contributed by atoms with van der Waals surface area (Å²) < 4.78 is 13.8. The quantitative estimate of drug-likeness (QED) is 0.914. The normalized spacial score (nSPS) is 23.6. The van der Waals surface area contributed by atoms with Gasteiger partial charge in [0.25, 0.3) is 0 Å². The van der Waals surface area contributed by atoms with Crippen molar-refractivity contribution in [3.8, 4) is 0 Å². The van der Waals surface area contributed by atoms with E-state index in [-0.39, 0.29) is 11.4 Å². The Morgan fingerprint density at radius 2 is 1.85 bits per heavy atom. The number of nitrogens with two attached hydrogens (primary N) is 1. The van der Waals surface area contributed by atoms with Crippen LogP contribution in [0.4, 0.5) is 10.1 Å². The molecule has 3 nitrogen and oxygen atoms in total. The van der Waals surface area contributed by atoms with Gasteiger partial charge in [-0.15, -0.1) is 0 Å². The van der Waals surface area contributed by atoms with E-state index in [2.05, 4.69) is 16.7 Å². The molecule has 110 valence electrons. The van der Waals surface area contributed by atoms with E-state index in [9.17, 15) is 4.39 Å². The Hall–Kier alpha value is -1.13.